The van der Waals surface area contributed by atoms with Crippen molar-refractivity contribution < 1.29 is 4.39 Å². The first-order valence-electron chi connectivity index (χ1n) is 3.88. The number of rotatable bonds is 2. The highest BCUT2D eigenvalue weighted by Crippen LogP contribution is 2.15. The van der Waals surface area contributed by atoms with Crippen LogP contribution in [0.3, 0.4) is 0 Å². The number of aromatic nitrogens is 2. The lowest BCUT2D eigenvalue weighted by Gasteiger charge is -1.97. The summed E-state index contributed by atoms with van der Waals surface area (Å²) in [6.07, 6.45) is 1.44. The maximum atomic E-state index is 13.0. The fraction of sp³-hybridized carbons (Fsp3) is 0.625. The molecule has 0 aliphatic heterocycles. The van der Waals surface area contributed by atoms with E-state index in [2.05, 4.69) is 5.10 Å². The molecule has 1 aromatic heterocycles. The Morgan fingerprint density at radius 3 is 2.55 bits per heavy atom. The second-order valence-corrected chi connectivity index (χ2v) is 2.87. The molecule has 0 aliphatic rings. The van der Waals surface area contributed by atoms with Crippen molar-refractivity contribution in [2.75, 3.05) is 0 Å². The number of hydrogen-bond acceptors (Lipinski definition) is 1. The van der Waals surface area contributed by atoms with Crippen LogP contribution in [0, 0.1) is 5.82 Å². The van der Waals surface area contributed by atoms with Gasteiger partial charge >= 0.3 is 0 Å². The Morgan fingerprint density at radius 2 is 2.27 bits per heavy atom. The lowest BCUT2D eigenvalue weighted by molar-refractivity contribution is 0.597. The molecule has 0 atom stereocenters. The Morgan fingerprint density at radius 1 is 1.64 bits per heavy atom. The van der Waals surface area contributed by atoms with Crippen molar-refractivity contribution in [2.45, 2.75) is 33.2 Å². The molecule has 0 fully saturated rings. The van der Waals surface area contributed by atoms with E-state index in [-0.39, 0.29) is 11.7 Å². The van der Waals surface area contributed by atoms with Gasteiger partial charge < -0.3 is 0 Å². The maximum Gasteiger partial charge on any atom is 0.164 e. The largest absolute Gasteiger partial charge is 0.270 e. The molecule has 0 aliphatic carbocycles. The van der Waals surface area contributed by atoms with Crippen LogP contribution in [0.2, 0.25) is 0 Å². The van der Waals surface area contributed by atoms with Crippen LogP contribution in [0.5, 0.6) is 0 Å². The molecule has 0 N–H and O–H groups in total. The smallest absolute Gasteiger partial charge is 0.164 e. The second kappa shape index (κ2) is 3.03. The van der Waals surface area contributed by atoms with E-state index in [0.717, 1.165) is 6.54 Å². The van der Waals surface area contributed by atoms with Crippen molar-refractivity contribution in [1.29, 1.82) is 0 Å². The summed E-state index contributed by atoms with van der Waals surface area (Å²) in [5.41, 5.74) is 0.562. The second-order valence-electron chi connectivity index (χ2n) is 2.87. The monoisotopic (exact) mass is 156 g/mol. The van der Waals surface area contributed by atoms with Gasteiger partial charge in [0.05, 0.1) is 6.20 Å². The summed E-state index contributed by atoms with van der Waals surface area (Å²) in [6.45, 7) is 6.54. The molecule has 0 amide bonds. The lowest BCUT2D eigenvalue weighted by Crippen LogP contribution is -1.96. The summed E-state index contributed by atoms with van der Waals surface area (Å²) < 4.78 is 14.6. The van der Waals surface area contributed by atoms with Crippen LogP contribution in [-0.2, 0) is 6.54 Å². The van der Waals surface area contributed by atoms with Crippen molar-refractivity contribution in [3.63, 3.8) is 0 Å². The number of hydrogen-bond donors (Lipinski definition) is 0. The molecule has 1 rings (SSSR count). The van der Waals surface area contributed by atoms with E-state index in [1.54, 1.807) is 4.68 Å². The fourth-order valence-corrected chi connectivity index (χ4v) is 0.965. The molecule has 0 spiro atoms. The number of aryl methyl sites for hydroxylation is 1. The lowest BCUT2D eigenvalue weighted by atomic mass is 10.1. The van der Waals surface area contributed by atoms with E-state index in [0.29, 0.717) is 5.69 Å². The Labute approximate surface area is 66.0 Å². The Bertz CT molecular complexity index is 240. The van der Waals surface area contributed by atoms with Gasteiger partial charge in [-0.15, -0.1) is 0 Å². The van der Waals surface area contributed by atoms with Crippen LogP contribution in [0.4, 0.5) is 4.39 Å². The van der Waals surface area contributed by atoms with E-state index >= 15 is 0 Å². The molecule has 62 valence electrons. The first-order chi connectivity index (χ1) is 5.15. The predicted octanol–water partition coefficient (Wildman–Crippen LogP) is 2.17. The SMILES string of the molecule is CCn1cc(F)c(C(C)C)n1. The molecule has 11 heavy (non-hydrogen) atoms. The summed E-state index contributed by atoms with van der Waals surface area (Å²) in [5, 5.41) is 4.07. The van der Waals surface area contributed by atoms with Gasteiger partial charge in [0, 0.05) is 12.5 Å². The van der Waals surface area contributed by atoms with E-state index in [4.69, 9.17) is 0 Å². The standard InChI is InChI=1S/C8H13FN2/c1-4-11-5-7(9)8(10-11)6(2)3/h5-6H,4H2,1-3H3. The third-order valence-electron chi connectivity index (χ3n) is 1.61. The van der Waals surface area contributed by atoms with Gasteiger partial charge in [-0.2, -0.15) is 5.10 Å². The van der Waals surface area contributed by atoms with Gasteiger partial charge in [-0.1, -0.05) is 13.8 Å². The van der Waals surface area contributed by atoms with Gasteiger partial charge in [-0.3, -0.25) is 4.68 Å². The summed E-state index contributed by atoms with van der Waals surface area (Å²) in [5.74, 6) is -0.0235. The molecule has 1 heterocycles. The molecule has 0 bridgehead atoms. The first kappa shape index (κ1) is 8.24. The van der Waals surface area contributed by atoms with Gasteiger partial charge in [0.25, 0.3) is 0 Å². The fourth-order valence-electron chi connectivity index (χ4n) is 0.965. The van der Waals surface area contributed by atoms with Gasteiger partial charge in [0.15, 0.2) is 5.82 Å². The average Bonchev–Trinajstić information content (AvgIpc) is 2.30. The molecular weight excluding hydrogens is 143 g/mol. The molecule has 0 aromatic carbocycles. The van der Waals surface area contributed by atoms with Crippen molar-refractivity contribution in [3.05, 3.63) is 17.7 Å². The first-order valence-corrected chi connectivity index (χ1v) is 3.88. The zero-order chi connectivity index (χ0) is 8.43. The Balaban J connectivity index is 2.97. The number of nitrogens with zero attached hydrogens (tertiary/aromatic N) is 2. The summed E-state index contributed by atoms with van der Waals surface area (Å²) >= 11 is 0. The average molecular weight is 156 g/mol. The van der Waals surface area contributed by atoms with Crippen LogP contribution in [0.15, 0.2) is 6.20 Å². The van der Waals surface area contributed by atoms with Crippen LogP contribution < -0.4 is 0 Å². The maximum absolute atomic E-state index is 13.0. The molecule has 0 radical (unpaired) electrons. The van der Waals surface area contributed by atoms with Gasteiger partial charge in [-0.25, -0.2) is 4.39 Å². The van der Waals surface area contributed by atoms with E-state index in [1.165, 1.54) is 6.20 Å². The topological polar surface area (TPSA) is 17.8 Å². The highest BCUT2D eigenvalue weighted by Gasteiger charge is 2.10. The Hall–Kier alpha value is -0.860. The van der Waals surface area contributed by atoms with Crippen molar-refractivity contribution in [3.8, 4) is 0 Å². The van der Waals surface area contributed by atoms with Crippen molar-refractivity contribution in [1.82, 2.24) is 9.78 Å². The molecule has 1 aromatic rings. The predicted molar refractivity (Wildman–Crippen MR) is 41.9 cm³/mol. The van der Waals surface area contributed by atoms with Crippen LogP contribution in [0.25, 0.3) is 0 Å². The van der Waals surface area contributed by atoms with E-state index in [9.17, 15) is 4.39 Å². The minimum atomic E-state index is -0.193. The minimum absolute atomic E-state index is 0.169. The third kappa shape index (κ3) is 1.59. The zero-order valence-corrected chi connectivity index (χ0v) is 7.13. The third-order valence-corrected chi connectivity index (χ3v) is 1.61. The van der Waals surface area contributed by atoms with E-state index < -0.39 is 0 Å². The van der Waals surface area contributed by atoms with Gasteiger partial charge in [0.1, 0.15) is 5.69 Å². The minimum Gasteiger partial charge on any atom is -0.270 e. The van der Waals surface area contributed by atoms with Crippen LogP contribution in [-0.4, -0.2) is 9.78 Å². The molecule has 0 saturated carbocycles. The summed E-state index contributed by atoms with van der Waals surface area (Å²) in [7, 11) is 0. The molecule has 3 heteroatoms. The van der Waals surface area contributed by atoms with Crippen LogP contribution >= 0.6 is 0 Å². The molecule has 0 unspecified atom stereocenters. The highest BCUT2D eigenvalue weighted by atomic mass is 19.1. The normalized spacial score (nSPS) is 11.0. The zero-order valence-electron chi connectivity index (χ0n) is 7.13. The summed E-state index contributed by atoms with van der Waals surface area (Å²) in [6, 6.07) is 0. The molecule has 0 saturated heterocycles. The van der Waals surface area contributed by atoms with Crippen LogP contribution in [0.1, 0.15) is 32.4 Å². The van der Waals surface area contributed by atoms with Crippen molar-refractivity contribution >= 4 is 0 Å². The van der Waals surface area contributed by atoms with Crippen molar-refractivity contribution in [2.24, 2.45) is 0 Å². The van der Waals surface area contributed by atoms with Gasteiger partial charge in [0.2, 0.25) is 0 Å². The summed E-state index contributed by atoms with van der Waals surface area (Å²) in [4.78, 5) is 0. The quantitative estimate of drug-likeness (QED) is 0.641. The highest BCUT2D eigenvalue weighted by molar-refractivity contribution is 5.07. The van der Waals surface area contributed by atoms with Gasteiger partial charge in [-0.05, 0) is 6.92 Å². The molecule has 2 nitrogen and oxygen atoms in total. The van der Waals surface area contributed by atoms with E-state index in [1.807, 2.05) is 20.8 Å². The Kier molecular flexibility index (Phi) is 2.27. The molecular formula is C8H13FN2. The number of halogens is 1.